The van der Waals surface area contributed by atoms with Gasteiger partial charge in [-0.1, -0.05) is 30.3 Å². The lowest BCUT2D eigenvalue weighted by molar-refractivity contribution is -0.138. The minimum absolute atomic E-state index is 0.170. The summed E-state index contributed by atoms with van der Waals surface area (Å²) in [4.78, 5) is 53.9. The number of hydrogen-bond donors (Lipinski definition) is 2. The Kier molecular flexibility index (Phi) is 7.77. The zero-order valence-corrected chi connectivity index (χ0v) is 19.7. The maximum absolute atomic E-state index is 13.4. The molecule has 35 heavy (non-hydrogen) atoms. The van der Waals surface area contributed by atoms with Crippen molar-refractivity contribution in [3.8, 4) is 0 Å². The maximum atomic E-state index is 13.4. The van der Waals surface area contributed by atoms with E-state index in [1.54, 1.807) is 31.2 Å². The van der Waals surface area contributed by atoms with Crippen LogP contribution in [0.1, 0.15) is 35.7 Å². The molecule has 2 aromatic rings. The molecule has 2 atom stereocenters. The summed E-state index contributed by atoms with van der Waals surface area (Å²) in [5.74, 6) is -1.04. The molecule has 184 valence electrons. The van der Waals surface area contributed by atoms with Crippen LogP contribution in [0.3, 0.4) is 0 Å². The fraction of sp³-hybridized carbons (Fsp3) is 0.385. The Bertz CT molecular complexity index is 1070. The van der Waals surface area contributed by atoms with Gasteiger partial charge in [-0.2, -0.15) is 0 Å². The number of ether oxygens (including phenoxy) is 1. The van der Waals surface area contributed by atoms with Crippen molar-refractivity contribution in [2.45, 2.75) is 38.3 Å². The summed E-state index contributed by atoms with van der Waals surface area (Å²) in [6.07, 6.45) is 2.02. The van der Waals surface area contributed by atoms with E-state index >= 15 is 0 Å². The Morgan fingerprint density at radius 1 is 1.09 bits per heavy atom. The van der Waals surface area contributed by atoms with Crippen LogP contribution in [0.4, 0.5) is 10.5 Å². The lowest BCUT2D eigenvalue weighted by Crippen LogP contribution is -2.70. The Morgan fingerprint density at radius 2 is 1.83 bits per heavy atom. The predicted octanol–water partition coefficient (Wildman–Crippen LogP) is 2.43. The van der Waals surface area contributed by atoms with Crippen LogP contribution in [0.2, 0.25) is 0 Å². The molecule has 9 heteroatoms. The molecule has 2 N–H and O–H groups in total. The fourth-order valence-electron chi connectivity index (χ4n) is 4.55. The van der Waals surface area contributed by atoms with Gasteiger partial charge < -0.3 is 20.3 Å². The van der Waals surface area contributed by atoms with Gasteiger partial charge in [-0.05, 0) is 62.6 Å². The van der Waals surface area contributed by atoms with Gasteiger partial charge in [-0.15, -0.1) is 0 Å². The number of urea groups is 1. The monoisotopic (exact) mass is 478 g/mol. The molecule has 2 unspecified atom stereocenters. The fourth-order valence-corrected chi connectivity index (χ4v) is 4.55. The number of esters is 1. The topological polar surface area (TPSA) is 108 Å². The molecular formula is C26H30N4O5. The van der Waals surface area contributed by atoms with Crippen LogP contribution in [0.5, 0.6) is 0 Å². The van der Waals surface area contributed by atoms with Crippen LogP contribution in [0, 0.1) is 0 Å². The Labute approximate surface area is 204 Å². The molecule has 4 amide bonds. The first-order chi connectivity index (χ1) is 17.0. The van der Waals surface area contributed by atoms with E-state index in [0.29, 0.717) is 30.6 Å². The molecule has 0 aliphatic carbocycles. The standard InChI is InChI=1S/C26H30N4O5/c1-2-35-25(33)19-10-12-20(13-11-19)28-22(31)17-30-21-9-6-15-27-23(21)24(32)29(26(30)34)16-14-18-7-4-3-5-8-18/h3-5,7-8,10-13,21,23,27H,2,6,9,14-17H2,1H3,(H,28,31). The molecular weight excluding hydrogens is 448 g/mol. The molecule has 0 radical (unpaired) electrons. The van der Waals surface area contributed by atoms with Crippen molar-refractivity contribution in [1.29, 1.82) is 0 Å². The summed E-state index contributed by atoms with van der Waals surface area (Å²) in [6.45, 7) is 2.79. The number of fused-ring (bicyclic) bond motifs is 1. The van der Waals surface area contributed by atoms with Crippen molar-refractivity contribution in [2.24, 2.45) is 0 Å². The average Bonchev–Trinajstić information content (AvgIpc) is 2.88. The van der Waals surface area contributed by atoms with E-state index in [1.807, 2.05) is 30.3 Å². The first-order valence-electron chi connectivity index (χ1n) is 11.9. The molecule has 2 aromatic carbocycles. The number of nitrogens with zero attached hydrogens (tertiary/aromatic N) is 2. The Morgan fingerprint density at radius 3 is 2.54 bits per heavy atom. The van der Waals surface area contributed by atoms with E-state index in [-0.39, 0.29) is 37.6 Å². The van der Waals surface area contributed by atoms with Crippen LogP contribution >= 0.6 is 0 Å². The highest BCUT2D eigenvalue weighted by Gasteiger charge is 2.47. The third-order valence-electron chi connectivity index (χ3n) is 6.30. The number of benzene rings is 2. The van der Waals surface area contributed by atoms with Crippen LogP contribution in [-0.4, -0.2) is 71.9 Å². The third-order valence-corrected chi connectivity index (χ3v) is 6.30. The Hall–Kier alpha value is -3.72. The van der Waals surface area contributed by atoms with E-state index in [4.69, 9.17) is 4.74 Å². The van der Waals surface area contributed by atoms with E-state index < -0.39 is 18.0 Å². The molecule has 0 spiro atoms. The number of carbonyl (C=O) groups is 4. The van der Waals surface area contributed by atoms with Gasteiger partial charge in [-0.3, -0.25) is 14.5 Å². The number of nitrogens with one attached hydrogen (secondary N) is 2. The van der Waals surface area contributed by atoms with Crippen molar-refractivity contribution < 1.29 is 23.9 Å². The second-order valence-corrected chi connectivity index (χ2v) is 8.62. The molecule has 2 heterocycles. The van der Waals surface area contributed by atoms with E-state index in [2.05, 4.69) is 10.6 Å². The van der Waals surface area contributed by atoms with Crippen molar-refractivity contribution in [2.75, 3.05) is 31.6 Å². The molecule has 0 aromatic heterocycles. The van der Waals surface area contributed by atoms with E-state index in [9.17, 15) is 19.2 Å². The van der Waals surface area contributed by atoms with Crippen LogP contribution in [0.15, 0.2) is 54.6 Å². The van der Waals surface area contributed by atoms with E-state index in [0.717, 1.165) is 12.0 Å². The summed E-state index contributed by atoms with van der Waals surface area (Å²) < 4.78 is 4.97. The summed E-state index contributed by atoms with van der Waals surface area (Å²) in [6, 6.07) is 14.7. The molecule has 2 aliphatic heterocycles. The molecule has 0 bridgehead atoms. The summed E-state index contributed by atoms with van der Waals surface area (Å²) in [5.41, 5.74) is 1.92. The molecule has 9 nitrogen and oxygen atoms in total. The highest BCUT2D eigenvalue weighted by Crippen LogP contribution is 2.25. The highest BCUT2D eigenvalue weighted by molar-refractivity contribution is 6.03. The number of imide groups is 1. The minimum atomic E-state index is -0.520. The van der Waals surface area contributed by atoms with Gasteiger partial charge >= 0.3 is 12.0 Å². The lowest BCUT2D eigenvalue weighted by atomic mass is 9.93. The predicted molar refractivity (Wildman–Crippen MR) is 130 cm³/mol. The first-order valence-corrected chi connectivity index (χ1v) is 11.9. The van der Waals surface area contributed by atoms with Crippen molar-refractivity contribution in [3.05, 3.63) is 65.7 Å². The highest BCUT2D eigenvalue weighted by atomic mass is 16.5. The molecule has 0 saturated carbocycles. The minimum Gasteiger partial charge on any atom is -0.462 e. The van der Waals surface area contributed by atoms with Gasteiger partial charge in [0.15, 0.2) is 0 Å². The van der Waals surface area contributed by atoms with Crippen molar-refractivity contribution in [3.63, 3.8) is 0 Å². The SMILES string of the molecule is CCOC(=O)c1ccc(NC(=O)CN2C(=O)N(CCc3ccccc3)C(=O)C3NCCCC32)cc1. The second-order valence-electron chi connectivity index (χ2n) is 8.62. The number of carbonyl (C=O) groups excluding carboxylic acids is 4. The zero-order chi connectivity index (χ0) is 24.8. The van der Waals surface area contributed by atoms with Crippen molar-refractivity contribution in [1.82, 2.24) is 15.1 Å². The number of amides is 4. The average molecular weight is 479 g/mol. The van der Waals surface area contributed by atoms with Crippen LogP contribution in [-0.2, 0) is 20.7 Å². The van der Waals surface area contributed by atoms with Gasteiger partial charge in [0.05, 0.1) is 18.2 Å². The summed E-state index contributed by atoms with van der Waals surface area (Å²) >= 11 is 0. The number of anilines is 1. The van der Waals surface area contributed by atoms with Crippen molar-refractivity contribution >= 4 is 29.5 Å². The largest absolute Gasteiger partial charge is 0.462 e. The quantitative estimate of drug-likeness (QED) is 0.565. The lowest BCUT2D eigenvalue weighted by Gasteiger charge is -2.46. The maximum Gasteiger partial charge on any atom is 0.338 e. The van der Waals surface area contributed by atoms with Gasteiger partial charge in [0.25, 0.3) is 0 Å². The van der Waals surface area contributed by atoms with Crippen LogP contribution in [0.25, 0.3) is 0 Å². The van der Waals surface area contributed by atoms with Gasteiger partial charge in [0.1, 0.15) is 12.6 Å². The number of piperidine rings is 1. The third kappa shape index (κ3) is 5.68. The smallest absolute Gasteiger partial charge is 0.338 e. The summed E-state index contributed by atoms with van der Waals surface area (Å²) in [5, 5.41) is 6.02. The normalized spacial score (nSPS) is 19.8. The number of rotatable bonds is 8. The Balaban J connectivity index is 1.44. The molecule has 2 saturated heterocycles. The number of hydrogen-bond acceptors (Lipinski definition) is 6. The molecule has 2 aliphatic rings. The van der Waals surface area contributed by atoms with Gasteiger partial charge in [0, 0.05) is 12.2 Å². The molecule has 2 fully saturated rings. The van der Waals surface area contributed by atoms with E-state index in [1.165, 1.54) is 9.80 Å². The van der Waals surface area contributed by atoms with Gasteiger partial charge in [-0.25, -0.2) is 9.59 Å². The second kappa shape index (κ2) is 11.1. The zero-order valence-electron chi connectivity index (χ0n) is 19.7. The first kappa shape index (κ1) is 24.4. The van der Waals surface area contributed by atoms with Crippen LogP contribution < -0.4 is 10.6 Å². The summed E-state index contributed by atoms with van der Waals surface area (Å²) in [7, 11) is 0. The molecule has 4 rings (SSSR count). The van der Waals surface area contributed by atoms with Gasteiger partial charge in [0.2, 0.25) is 11.8 Å².